The predicted octanol–water partition coefficient (Wildman–Crippen LogP) is 3.20. The molecule has 1 fully saturated rings. The zero-order valence-electron chi connectivity index (χ0n) is 10.3. The maximum atomic E-state index is 3.40. The van der Waals surface area contributed by atoms with Crippen LogP contribution >= 0.6 is 11.3 Å². The predicted molar refractivity (Wildman–Crippen MR) is 70.3 cm³/mol. The molecule has 0 aromatic carbocycles. The lowest BCUT2D eigenvalue weighted by Gasteiger charge is -2.15. The van der Waals surface area contributed by atoms with E-state index in [1.165, 1.54) is 32.2 Å². The van der Waals surface area contributed by atoms with Crippen LogP contribution < -0.4 is 5.32 Å². The number of rotatable bonds is 3. The summed E-state index contributed by atoms with van der Waals surface area (Å²) in [6, 6.07) is 2.50. The molecule has 2 unspecified atom stereocenters. The van der Waals surface area contributed by atoms with E-state index in [-0.39, 0.29) is 0 Å². The van der Waals surface area contributed by atoms with Crippen molar-refractivity contribution in [3.05, 3.63) is 21.4 Å². The summed E-state index contributed by atoms with van der Waals surface area (Å²) in [5.74, 6) is 2.85. The van der Waals surface area contributed by atoms with Crippen LogP contribution in [0.2, 0.25) is 0 Å². The Hall–Kier alpha value is -0.340. The molecule has 1 nitrogen and oxygen atoms in total. The molecule has 0 saturated heterocycles. The SMILES string of the molecule is CCc1cc2c(s1)CCC1CC1[C@@H]2CNC. The van der Waals surface area contributed by atoms with Gasteiger partial charge in [-0.3, -0.25) is 0 Å². The summed E-state index contributed by atoms with van der Waals surface area (Å²) in [7, 11) is 2.09. The van der Waals surface area contributed by atoms with E-state index in [2.05, 4.69) is 36.7 Å². The Labute approximate surface area is 102 Å². The molecule has 0 radical (unpaired) electrons. The van der Waals surface area contributed by atoms with Crippen molar-refractivity contribution in [2.75, 3.05) is 13.6 Å². The van der Waals surface area contributed by atoms with Gasteiger partial charge in [0.05, 0.1) is 0 Å². The van der Waals surface area contributed by atoms with Crippen LogP contribution in [0, 0.1) is 11.8 Å². The van der Waals surface area contributed by atoms with Gasteiger partial charge in [0.25, 0.3) is 0 Å². The minimum absolute atomic E-state index is 0.809. The average Bonchev–Trinajstić information content (AvgIpc) is 2.97. The first-order valence-corrected chi connectivity index (χ1v) is 7.41. The van der Waals surface area contributed by atoms with Gasteiger partial charge in [-0.15, -0.1) is 11.3 Å². The van der Waals surface area contributed by atoms with E-state index in [0.29, 0.717) is 0 Å². The second-order valence-electron chi connectivity index (χ2n) is 5.31. The monoisotopic (exact) mass is 235 g/mol. The van der Waals surface area contributed by atoms with Crippen molar-refractivity contribution in [3.63, 3.8) is 0 Å². The fourth-order valence-electron chi connectivity index (χ4n) is 3.31. The number of aryl methyl sites for hydroxylation is 2. The molecular weight excluding hydrogens is 214 g/mol. The van der Waals surface area contributed by atoms with Crippen molar-refractivity contribution in [1.29, 1.82) is 0 Å². The fourth-order valence-corrected chi connectivity index (χ4v) is 4.50. The third-order valence-corrected chi connectivity index (χ3v) is 5.66. The van der Waals surface area contributed by atoms with Crippen molar-refractivity contribution in [2.24, 2.45) is 11.8 Å². The molecule has 3 rings (SSSR count). The maximum Gasteiger partial charge on any atom is 0.00836 e. The molecule has 3 atom stereocenters. The summed E-state index contributed by atoms with van der Waals surface area (Å²) < 4.78 is 0. The molecule has 0 amide bonds. The molecule has 1 saturated carbocycles. The number of fused-ring (bicyclic) bond motifs is 2. The Morgan fingerprint density at radius 1 is 1.50 bits per heavy atom. The zero-order valence-corrected chi connectivity index (χ0v) is 11.1. The standard InChI is InChI=1S/C14H21NS/c1-3-10-7-12-13(8-15-2)11-6-9(11)4-5-14(12)16-10/h7,9,11,13,15H,3-6,8H2,1-2H3/t9?,11?,13-/m0/s1. The quantitative estimate of drug-likeness (QED) is 0.848. The molecule has 0 spiro atoms. The molecule has 2 aliphatic rings. The smallest absolute Gasteiger partial charge is 0.00836 e. The van der Waals surface area contributed by atoms with Gasteiger partial charge in [-0.2, -0.15) is 0 Å². The lowest BCUT2D eigenvalue weighted by Crippen LogP contribution is -2.19. The van der Waals surface area contributed by atoms with E-state index < -0.39 is 0 Å². The highest BCUT2D eigenvalue weighted by atomic mass is 32.1. The van der Waals surface area contributed by atoms with Crippen LogP contribution in [0.5, 0.6) is 0 Å². The van der Waals surface area contributed by atoms with Gasteiger partial charge in [-0.1, -0.05) is 6.92 Å². The number of hydrogen-bond donors (Lipinski definition) is 1. The summed E-state index contributed by atoms with van der Waals surface area (Å²) in [5.41, 5.74) is 1.70. The van der Waals surface area contributed by atoms with Crippen molar-refractivity contribution < 1.29 is 0 Å². The number of thiophene rings is 1. The lowest BCUT2D eigenvalue weighted by atomic mass is 9.94. The Bertz CT molecular complexity index is 382. The first kappa shape index (κ1) is 10.8. The molecule has 88 valence electrons. The van der Waals surface area contributed by atoms with E-state index in [9.17, 15) is 0 Å². The summed E-state index contributed by atoms with van der Waals surface area (Å²) in [4.78, 5) is 3.29. The first-order valence-electron chi connectivity index (χ1n) is 6.59. The minimum Gasteiger partial charge on any atom is -0.319 e. The normalized spacial score (nSPS) is 31.8. The van der Waals surface area contributed by atoms with Gasteiger partial charge < -0.3 is 5.32 Å². The van der Waals surface area contributed by atoms with Crippen molar-refractivity contribution in [1.82, 2.24) is 5.32 Å². The molecule has 0 aliphatic heterocycles. The van der Waals surface area contributed by atoms with E-state index in [1.807, 2.05) is 0 Å². The highest BCUT2D eigenvalue weighted by Gasteiger charge is 2.45. The third-order valence-electron chi connectivity index (χ3n) is 4.30. The van der Waals surface area contributed by atoms with Gasteiger partial charge in [0.15, 0.2) is 0 Å². The highest BCUT2D eigenvalue weighted by Crippen LogP contribution is 2.54. The highest BCUT2D eigenvalue weighted by molar-refractivity contribution is 7.12. The summed E-state index contributed by atoms with van der Waals surface area (Å²) >= 11 is 2.07. The molecule has 1 aromatic rings. The topological polar surface area (TPSA) is 12.0 Å². The van der Waals surface area contributed by atoms with E-state index >= 15 is 0 Å². The lowest BCUT2D eigenvalue weighted by molar-refractivity contribution is 0.534. The maximum absolute atomic E-state index is 3.40. The molecule has 1 N–H and O–H groups in total. The van der Waals surface area contributed by atoms with E-state index in [1.54, 1.807) is 15.3 Å². The average molecular weight is 235 g/mol. The van der Waals surface area contributed by atoms with Gasteiger partial charge in [-0.25, -0.2) is 0 Å². The third kappa shape index (κ3) is 1.72. The Morgan fingerprint density at radius 2 is 2.38 bits per heavy atom. The van der Waals surface area contributed by atoms with Gasteiger partial charge >= 0.3 is 0 Å². The van der Waals surface area contributed by atoms with Crippen LogP contribution in [0.25, 0.3) is 0 Å². The molecule has 16 heavy (non-hydrogen) atoms. The van der Waals surface area contributed by atoms with E-state index in [0.717, 1.165) is 17.8 Å². The second kappa shape index (κ2) is 4.15. The van der Waals surface area contributed by atoms with Crippen LogP contribution in [-0.4, -0.2) is 13.6 Å². The van der Waals surface area contributed by atoms with Gasteiger partial charge in [0, 0.05) is 22.2 Å². The van der Waals surface area contributed by atoms with Crippen LogP contribution in [0.3, 0.4) is 0 Å². The molecule has 0 bridgehead atoms. The number of likely N-dealkylation sites (N-methyl/N-ethyl adjacent to an activating group) is 1. The molecule has 2 heteroatoms. The van der Waals surface area contributed by atoms with Gasteiger partial charge in [0.1, 0.15) is 0 Å². The zero-order chi connectivity index (χ0) is 11.1. The van der Waals surface area contributed by atoms with Crippen LogP contribution in [0.1, 0.15) is 41.0 Å². The largest absolute Gasteiger partial charge is 0.319 e. The summed E-state index contributed by atoms with van der Waals surface area (Å²) in [6.45, 7) is 3.45. The molecular formula is C14H21NS. The van der Waals surface area contributed by atoms with Crippen molar-refractivity contribution in [3.8, 4) is 0 Å². The van der Waals surface area contributed by atoms with Crippen molar-refractivity contribution >= 4 is 11.3 Å². The van der Waals surface area contributed by atoms with Crippen molar-refractivity contribution in [2.45, 2.75) is 38.5 Å². The molecule has 2 aliphatic carbocycles. The summed E-state index contributed by atoms with van der Waals surface area (Å²) in [5, 5.41) is 3.40. The van der Waals surface area contributed by atoms with Gasteiger partial charge in [0.2, 0.25) is 0 Å². The second-order valence-corrected chi connectivity index (χ2v) is 6.53. The minimum atomic E-state index is 0.809. The number of nitrogens with one attached hydrogen (secondary N) is 1. The molecule has 1 heterocycles. The fraction of sp³-hybridized carbons (Fsp3) is 0.714. The number of hydrogen-bond acceptors (Lipinski definition) is 2. The van der Waals surface area contributed by atoms with Crippen LogP contribution in [0.15, 0.2) is 6.07 Å². The van der Waals surface area contributed by atoms with Crippen LogP contribution in [0.4, 0.5) is 0 Å². The van der Waals surface area contributed by atoms with Gasteiger partial charge in [-0.05, 0) is 56.2 Å². The Balaban J connectivity index is 1.94. The Kier molecular flexibility index (Phi) is 2.80. The first-order chi connectivity index (χ1) is 7.83. The Morgan fingerprint density at radius 3 is 3.12 bits per heavy atom. The summed E-state index contributed by atoms with van der Waals surface area (Å²) in [6.07, 6.45) is 5.49. The van der Waals surface area contributed by atoms with E-state index in [4.69, 9.17) is 0 Å². The molecule has 1 aromatic heterocycles. The van der Waals surface area contributed by atoms with Crippen LogP contribution in [-0.2, 0) is 12.8 Å².